The molecule has 0 aromatic carbocycles. The van der Waals surface area contributed by atoms with Crippen LogP contribution < -0.4 is 4.90 Å². The minimum atomic E-state index is 0.178. The largest absolute Gasteiger partial charge is 0.375 e. The summed E-state index contributed by atoms with van der Waals surface area (Å²) in [6.07, 6.45) is 2.75. The first-order valence-corrected chi connectivity index (χ1v) is 5.51. The molecule has 4 heteroatoms. The number of nitrogens with zero attached hydrogens (tertiary/aromatic N) is 2. The predicted octanol–water partition coefficient (Wildman–Crippen LogP) is 1.51. The van der Waals surface area contributed by atoms with E-state index in [1.165, 1.54) is 0 Å². The SMILES string of the molecule is CC1CN(c2ncccc2C=O)C(C)CO1. The van der Waals surface area contributed by atoms with Crippen LogP contribution >= 0.6 is 0 Å². The van der Waals surface area contributed by atoms with Gasteiger partial charge in [-0.25, -0.2) is 4.98 Å². The van der Waals surface area contributed by atoms with Crippen LogP contribution in [-0.2, 0) is 4.74 Å². The zero-order valence-corrected chi connectivity index (χ0v) is 9.59. The molecule has 1 aliphatic heterocycles. The molecule has 0 saturated carbocycles. The minimum absolute atomic E-state index is 0.178. The van der Waals surface area contributed by atoms with Gasteiger partial charge in [0, 0.05) is 12.7 Å². The van der Waals surface area contributed by atoms with Gasteiger partial charge in [-0.05, 0) is 26.0 Å². The van der Waals surface area contributed by atoms with E-state index in [0.717, 1.165) is 18.6 Å². The normalized spacial score (nSPS) is 25.5. The highest BCUT2D eigenvalue weighted by Crippen LogP contribution is 2.22. The fraction of sp³-hybridized carbons (Fsp3) is 0.500. The Labute approximate surface area is 95.2 Å². The van der Waals surface area contributed by atoms with Crippen LogP contribution in [0.15, 0.2) is 18.3 Å². The van der Waals surface area contributed by atoms with Crippen LogP contribution in [0.25, 0.3) is 0 Å². The van der Waals surface area contributed by atoms with Gasteiger partial charge in [-0.15, -0.1) is 0 Å². The van der Waals surface area contributed by atoms with Crippen molar-refractivity contribution in [2.75, 3.05) is 18.1 Å². The fourth-order valence-electron chi connectivity index (χ4n) is 1.94. The molecule has 2 rings (SSSR count). The standard InChI is InChI=1S/C12H16N2O2/c1-9-8-16-10(2)6-14(9)12-11(7-15)4-3-5-13-12/h3-5,7,9-10H,6,8H2,1-2H3. The number of aromatic nitrogens is 1. The molecule has 0 aliphatic carbocycles. The molecular weight excluding hydrogens is 204 g/mol. The number of rotatable bonds is 2. The smallest absolute Gasteiger partial charge is 0.153 e. The molecular formula is C12H16N2O2. The van der Waals surface area contributed by atoms with E-state index in [9.17, 15) is 4.79 Å². The van der Waals surface area contributed by atoms with E-state index in [1.54, 1.807) is 18.3 Å². The summed E-state index contributed by atoms with van der Waals surface area (Å²) in [6.45, 7) is 5.56. The van der Waals surface area contributed by atoms with Crippen LogP contribution in [0.1, 0.15) is 24.2 Å². The summed E-state index contributed by atoms with van der Waals surface area (Å²) < 4.78 is 5.56. The number of carbonyl (C=O) groups excluding carboxylic acids is 1. The van der Waals surface area contributed by atoms with Gasteiger partial charge in [0.1, 0.15) is 5.82 Å². The van der Waals surface area contributed by atoms with E-state index in [-0.39, 0.29) is 12.1 Å². The third kappa shape index (κ3) is 2.07. The molecule has 1 aromatic rings. The third-order valence-electron chi connectivity index (χ3n) is 2.82. The topological polar surface area (TPSA) is 42.4 Å². The van der Waals surface area contributed by atoms with Crippen molar-refractivity contribution in [2.24, 2.45) is 0 Å². The highest BCUT2D eigenvalue weighted by molar-refractivity contribution is 5.82. The second-order valence-corrected chi connectivity index (χ2v) is 4.18. The van der Waals surface area contributed by atoms with E-state index in [1.807, 2.05) is 6.92 Å². The van der Waals surface area contributed by atoms with Gasteiger partial charge in [0.25, 0.3) is 0 Å². The summed E-state index contributed by atoms with van der Waals surface area (Å²) in [7, 11) is 0. The Balaban J connectivity index is 2.30. The zero-order valence-electron chi connectivity index (χ0n) is 9.59. The summed E-state index contributed by atoms with van der Waals surface area (Å²) in [5, 5.41) is 0. The molecule has 0 bridgehead atoms. The van der Waals surface area contributed by atoms with Crippen LogP contribution in [0.3, 0.4) is 0 Å². The molecule has 0 amide bonds. The number of hydrogen-bond donors (Lipinski definition) is 0. The Hall–Kier alpha value is -1.42. The highest BCUT2D eigenvalue weighted by Gasteiger charge is 2.25. The number of carbonyl (C=O) groups is 1. The minimum Gasteiger partial charge on any atom is -0.375 e. The van der Waals surface area contributed by atoms with Gasteiger partial charge in [0.2, 0.25) is 0 Å². The summed E-state index contributed by atoms with van der Waals surface area (Å²) in [5.74, 6) is 0.764. The van der Waals surface area contributed by atoms with Crippen molar-refractivity contribution >= 4 is 12.1 Å². The molecule has 1 aliphatic rings. The quantitative estimate of drug-likeness (QED) is 0.708. The average molecular weight is 220 g/mol. The maximum absolute atomic E-state index is 11.0. The third-order valence-corrected chi connectivity index (χ3v) is 2.82. The van der Waals surface area contributed by atoms with E-state index in [4.69, 9.17) is 4.74 Å². The van der Waals surface area contributed by atoms with E-state index < -0.39 is 0 Å². The van der Waals surface area contributed by atoms with Crippen LogP contribution in [0.4, 0.5) is 5.82 Å². The van der Waals surface area contributed by atoms with Crippen LogP contribution in [0.2, 0.25) is 0 Å². The fourth-order valence-corrected chi connectivity index (χ4v) is 1.94. The van der Waals surface area contributed by atoms with Gasteiger partial charge < -0.3 is 9.64 Å². The monoisotopic (exact) mass is 220 g/mol. The van der Waals surface area contributed by atoms with Crippen LogP contribution in [-0.4, -0.2) is 36.6 Å². The summed E-state index contributed by atoms with van der Waals surface area (Å²) in [6, 6.07) is 3.83. The first kappa shape index (κ1) is 11.1. The van der Waals surface area contributed by atoms with E-state index >= 15 is 0 Å². The van der Waals surface area contributed by atoms with Crippen LogP contribution in [0, 0.1) is 0 Å². The van der Waals surface area contributed by atoms with Crippen molar-refractivity contribution in [1.82, 2.24) is 4.98 Å². The van der Waals surface area contributed by atoms with Gasteiger partial charge in [0.05, 0.1) is 24.3 Å². The molecule has 86 valence electrons. The molecule has 4 nitrogen and oxygen atoms in total. The molecule has 0 spiro atoms. The Morgan fingerprint density at radius 3 is 3.12 bits per heavy atom. The lowest BCUT2D eigenvalue weighted by Crippen LogP contribution is -2.48. The van der Waals surface area contributed by atoms with Gasteiger partial charge in [-0.3, -0.25) is 4.79 Å². The number of anilines is 1. The Morgan fingerprint density at radius 2 is 2.38 bits per heavy atom. The van der Waals surface area contributed by atoms with Crippen molar-refractivity contribution < 1.29 is 9.53 Å². The van der Waals surface area contributed by atoms with Crippen molar-refractivity contribution in [3.8, 4) is 0 Å². The maximum Gasteiger partial charge on any atom is 0.153 e. The van der Waals surface area contributed by atoms with Crippen molar-refractivity contribution in [3.05, 3.63) is 23.9 Å². The summed E-state index contributed by atoms with van der Waals surface area (Å²) >= 11 is 0. The molecule has 2 atom stereocenters. The molecule has 2 unspecified atom stereocenters. The molecule has 1 fully saturated rings. The van der Waals surface area contributed by atoms with Gasteiger partial charge in [-0.2, -0.15) is 0 Å². The lowest BCUT2D eigenvalue weighted by Gasteiger charge is -2.38. The van der Waals surface area contributed by atoms with Crippen molar-refractivity contribution in [2.45, 2.75) is 26.0 Å². The van der Waals surface area contributed by atoms with Crippen LogP contribution in [0.5, 0.6) is 0 Å². The van der Waals surface area contributed by atoms with E-state index in [2.05, 4.69) is 16.8 Å². The lowest BCUT2D eigenvalue weighted by atomic mass is 10.1. The lowest BCUT2D eigenvalue weighted by molar-refractivity contribution is 0.0340. The molecule has 2 heterocycles. The average Bonchev–Trinajstić information content (AvgIpc) is 2.32. The number of morpholine rings is 1. The van der Waals surface area contributed by atoms with Gasteiger partial charge >= 0.3 is 0 Å². The Bertz CT molecular complexity index is 381. The van der Waals surface area contributed by atoms with Crippen molar-refractivity contribution in [1.29, 1.82) is 0 Å². The number of pyridine rings is 1. The second-order valence-electron chi connectivity index (χ2n) is 4.18. The van der Waals surface area contributed by atoms with Gasteiger partial charge in [0.15, 0.2) is 6.29 Å². The molecule has 0 radical (unpaired) electrons. The van der Waals surface area contributed by atoms with Gasteiger partial charge in [-0.1, -0.05) is 0 Å². The molecule has 1 saturated heterocycles. The number of hydrogen-bond acceptors (Lipinski definition) is 4. The molecule has 1 aromatic heterocycles. The van der Waals surface area contributed by atoms with E-state index in [0.29, 0.717) is 12.2 Å². The molecule has 0 N–H and O–H groups in total. The predicted molar refractivity (Wildman–Crippen MR) is 61.8 cm³/mol. The Morgan fingerprint density at radius 1 is 1.56 bits per heavy atom. The first-order chi connectivity index (χ1) is 7.72. The highest BCUT2D eigenvalue weighted by atomic mass is 16.5. The maximum atomic E-state index is 11.0. The number of aldehydes is 1. The summed E-state index contributed by atoms with van der Waals surface area (Å²) in [4.78, 5) is 17.4. The molecule has 16 heavy (non-hydrogen) atoms. The zero-order chi connectivity index (χ0) is 11.5. The number of ether oxygens (including phenoxy) is 1. The first-order valence-electron chi connectivity index (χ1n) is 5.51. The Kier molecular flexibility index (Phi) is 3.19. The second kappa shape index (κ2) is 4.61. The van der Waals surface area contributed by atoms with Crippen molar-refractivity contribution in [3.63, 3.8) is 0 Å². The summed E-state index contributed by atoms with van der Waals surface area (Å²) in [5.41, 5.74) is 0.642.